The van der Waals surface area contributed by atoms with Crippen LogP contribution < -0.4 is 10.6 Å². The summed E-state index contributed by atoms with van der Waals surface area (Å²) in [5, 5.41) is 23.9. The quantitative estimate of drug-likeness (QED) is 0.619. The molecule has 9 heteroatoms. The third-order valence-electron chi connectivity index (χ3n) is 1.75. The van der Waals surface area contributed by atoms with Crippen molar-refractivity contribution >= 4 is 17.9 Å². The van der Waals surface area contributed by atoms with E-state index in [1.54, 1.807) is 14.0 Å². The van der Waals surface area contributed by atoms with Gasteiger partial charge in [0.05, 0.1) is 7.05 Å². The Morgan fingerprint density at radius 1 is 1.56 bits per heavy atom. The number of nitrogens with zero attached hydrogens (tertiary/aromatic N) is 4. The number of hydrogen-bond acceptors (Lipinski definition) is 5. The number of carboxylic acids is 1. The summed E-state index contributed by atoms with van der Waals surface area (Å²) in [4.78, 5) is 23.1. The molecular weight excluding hydrogens is 216 g/mol. The number of nitrogens with one attached hydrogen (secondary N) is 2. The average molecular weight is 228 g/mol. The fourth-order valence-corrected chi connectivity index (χ4v) is 0.968. The van der Waals surface area contributed by atoms with E-state index in [0.29, 0.717) is 0 Å². The molecule has 88 valence electrons. The Hall–Kier alpha value is -2.19. The molecule has 0 aromatic carbocycles. The molecule has 1 aromatic rings. The second-order valence-electron chi connectivity index (χ2n) is 3.00. The number of tetrazole rings is 1. The number of aromatic nitrogens is 4. The summed E-state index contributed by atoms with van der Waals surface area (Å²) in [6.45, 7) is 1.65. The molecule has 0 spiro atoms. The molecule has 0 radical (unpaired) electrons. The highest BCUT2D eigenvalue weighted by Crippen LogP contribution is 1.94. The fourth-order valence-electron chi connectivity index (χ4n) is 0.968. The van der Waals surface area contributed by atoms with E-state index in [1.165, 1.54) is 4.80 Å². The summed E-state index contributed by atoms with van der Waals surface area (Å²) >= 11 is 0. The van der Waals surface area contributed by atoms with Gasteiger partial charge in [-0.1, -0.05) is 12.0 Å². The first-order valence-corrected chi connectivity index (χ1v) is 4.57. The summed E-state index contributed by atoms with van der Waals surface area (Å²) in [6.07, 6.45) is 0.288. The van der Waals surface area contributed by atoms with Crippen molar-refractivity contribution < 1.29 is 14.7 Å². The summed E-state index contributed by atoms with van der Waals surface area (Å²) < 4.78 is 0. The molecule has 0 saturated carbocycles. The molecule has 0 saturated heterocycles. The molecule has 16 heavy (non-hydrogen) atoms. The first-order chi connectivity index (χ1) is 7.52. The van der Waals surface area contributed by atoms with E-state index in [0.717, 1.165) is 0 Å². The maximum Gasteiger partial charge on any atom is 0.326 e. The molecule has 9 nitrogen and oxygen atoms in total. The highest BCUT2D eigenvalue weighted by atomic mass is 16.4. The summed E-state index contributed by atoms with van der Waals surface area (Å²) in [5.74, 6) is -1.08. The number of aliphatic carboxylic acids is 1. The molecule has 0 aliphatic rings. The normalized spacial score (nSPS) is 11.9. The zero-order valence-electron chi connectivity index (χ0n) is 8.84. The fraction of sp³-hybridized carbons (Fsp3) is 0.571. The van der Waals surface area contributed by atoms with Gasteiger partial charge >= 0.3 is 12.0 Å². The first-order valence-electron chi connectivity index (χ1n) is 4.57. The van der Waals surface area contributed by atoms with E-state index >= 15 is 0 Å². The largest absolute Gasteiger partial charge is 0.480 e. The van der Waals surface area contributed by atoms with E-state index < -0.39 is 18.0 Å². The van der Waals surface area contributed by atoms with Crippen LogP contribution in [-0.4, -0.2) is 43.4 Å². The van der Waals surface area contributed by atoms with E-state index in [-0.39, 0.29) is 12.4 Å². The van der Waals surface area contributed by atoms with Crippen molar-refractivity contribution in [3.05, 3.63) is 0 Å². The van der Waals surface area contributed by atoms with Gasteiger partial charge in [-0.3, -0.25) is 5.32 Å². The number of carbonyl (C=O) groups is 2. The minimum atomic E-state index is -1.09. The monoisotopic (exact) mass is 228 g/mol. The highest BCUT2D eigenvalue weighted by Gasteiger charge is 2.18. The third-order valence-corrected chi connectivity index (χ3v) is 1.75. The van der Waals surface area contributed by atoms with Gasteiger partial charge in [-0.05, 0) is 11.6 Å². The number of anilines is 1. The smallest absolute Gasteiger partial charge is 0.326 e. The zero-order chi connectivity index (χ0) is 12.1. The Balaban J connectivity index is 2.50. The van der Waals surface area contributed by atoms with Crippen LogP contribution in [0.15, 0.2) is 0 Å². The Kier molecular flexibility index (Phi) is 3.75. The molecule has 0 unspecified atom stereocenters. The third kappa shape index (κ3) is 3.19. The van der Waals surface area contributed by atoms with Crippen LogP contribution in [0.5, 0.6) is 0 Å². The summed E-state index contributed by atoms with van der Waals surface area (Å²) in [6, 6.07) is -1.61. The summed E-state index contributed by atoms with van der Waals surface area (Å²) in [7, 11) is 1.54. The average Bonchev–Trinajstić information content (AvgIpc) is 2.60. The van der Waals surface area contributed by atoms with Crippen molar-refractivity contribution in [2.45, 2.75) is 19.4 Å². The van der Waals surface area contributed by atoms with Crippen LogP contribution in [0.3, 0.4) is 0 Å². The van der Waals surface area contributed by atoms with Gasteiger partial charge in [0.2, 0.25) is 0 Å². The van der Waals surface area contributed by atoms with Crippen LogP contribution in [0.25, 0.3) is 0 Å². The molecule has 1 aromatic heterocycles. The van der Waals surface area contributed by atoms with Crippen molar-refractivity contribution in [3.8, 4) is 0 Å². The van der Waals surface area contributed by atoms with Gasteiger partial charge in [0, 0.05) is 0 Å². The molecule has 0 bridgehead atoms. The maximum atomic E-state index is 11.3. The zero-order valence-corrected chi connectivity index (χ0v) is 8.84. The lowest BCUT2D eigenvalue weighted by Crippen LogP contribution is -2.42. The predicted molar refractivity (Wildman–Crippen MR) is 52.7 cm³/mol. The molecule has 0 aliphatic carbocycles. The standard InChI is InChI=1S/C7H12N6O3/c1-3-4(5(14)15)8-7(16)9-6-10-12-13(2)11-6/h4H,3H2,1-2H3,(H,14,15)(H2,8,9,11,16)/t4-/m0/s1. The number of carboxylic acid groups (broad SMARTS) is 1. The Morgan fingerprint density at radius 3 is 2.69 bits per heavy atom. The van der Waals surface area contributed by atoms with Crippen molar-refractivity contribution in [1.29, 1.82) is 0 Å². The Bertz CT molecular complexity index is 389. The van der Waals surface area contributed by atoms with Crippen molar-refractivity contribution in [1.82, 2.24) is 25.5 Å². The lowest BCUT2D eigenvalue weighted by Gasteiger charge is -2.11. The predicted octanol–water partition coefficient (Wildman–Crippen LogP) is -0.805. The Labute approximate surface area is 90.8 Å². The SMILES string of the molecule is CC[C@H](NC(=O)Nc1nnn(C)n1)C(=O)O. The van der Waals surface area contributed by atoms with E-state index in [1.807, 2.05) is 0 Å². The minimum absolute atomic E-state index is 0.0141. The number of urea groups is 1. The van der Waals surface area contributed by atoms with Crippen LogP contribution in [0.2, 0.25) is 0 Å². The molecule has 1 rings (SSSR count). The van der Waals surface area contributed by atoms with Crippen molar-refractivity contribution in [3.63, 3.8) is 0 Å². The molecule has 0 fully saturated rings. The van der Waals surface area contributed by atoms with Crippen LogP contribution in [0, 0.1) is 0 Å². The van der Waals surface area contributed by atoms with Gasteiger partial charge in [-0.15, -0.1) is 5.10 Å². The van der Waals surface area contributed by atoms with Gasteiger partial charge in [0.1, 0.15) is 6.04 Å². The van der Waals surface area contributed by atoms with Crippen molar-refractivity contribution in [2.75, 3.05) is 5.32 Å². The number of hydrogen-bond donors (Lipinski definition) is 3. The molecule has 1 atom stereocenters. The van der Waals surface area contributed by atoms with E-state index in [4.69, 9.17) is 5.11 Å². The van der Waals surface area contributed by atoms with Crippen LogP contribution >= 0.6 is 0 Å². The molecule has 3 N–H and O–H groups in total. The highest BCUT2D eigenvalue weighted by molar-refractivity contribution is 5.90. The van der Waals surface area contributed by atoms with Crippen LogP contribution in [-0.2, 0) is 11.8 Å². The van der Waals surface area contributed by atoms with Gasteiger partial charge in [-0.25, -0.2) is 9.59 Å². The second-order valence-corrected chi connectivity index (χ2v) is 3.00. The number of rotatable bonds is 4. The minimum Gasteiger partial charge on any atom is -0.480 e. The van der Waals surface area contributed by atoms with Crippen molar-refractivity contribution in [2.24, 2.45) is 7.05 Å². The number of carbonyl (C=O) groups excluding carboxylic acids is 1. The Morgan fingerprint density at radius 2 is 2.25 bits per heavy atom. The topological polar surface area (TPSA) is 122 Å². The van der Waals surface area contributed by atoms with Gasteiger partial charge in [-0.2, -0.15) is 4.80 Å². The molecule has 1 heterocycles. The van der Waals surface area contributed by atoms with Gasteiger partial charge in [0.25, 0.3) is 5.95 Å². The van der Waals surface area contributed by atoms with Crippen LogP contribution in [0.4, 0.5) is 10.7 Å². The number of aryl methyl sites for hydroxylation is 1. The first kappa shape index (κ1) is 11.9. The molecule has 2 amide bonds. The summed E-state index contributed by atoms with van der Waals surface area (Å²) in [5.41, 5.74) is 0. The maximum absolute atomic E-state index is 11.3. The second kappa shape index (κ2) is 5.05. The lowest BCUT2D eigenvalue weighted by molar-refractivity contribution is -0.139. The number of amides is 2. The molecule has 0 aliphatic heterocycles. The van der Waals surface area contributed by atoms with E-state index in [2.05, 4.69) is 26.0 Å². The molecular formula is C7H12N6O3. The van der Waals surface area contributed by atoms with Gasteiger partial charge < -0.3 is 10.4 Å². The lowest BCUT2D eigenvalue weighted by atomic mass is 10.2. The van der Waals surface area contributed by atoms with Crippen LogP contribution in [0.1, 0.15) is 13.3 Å². The van der Waals surface area contributed by atoms with Gasteiger partial charge in [0.15, 0.2) is 0 Å². The van der Waals surface area contributed by atoms with E-state index in [9.17, 15) is 9.59 Å².